The quantitative estimate of drug-likeness (QED) is 0.429. The standard InChI is InChI=1S/C16H15Cl2N3OS/c1-19-16(23)21-20-9-11-5-2-3-8-15(11)22-10-12-13(17)6-4-7-14(12)18/h2-9H,10H2,1H3,(H2,19,21,23)/p+1. The Morgan fingerprint density at radius 1 is 1.17 bits per heavy atom. The van der Waals surface area contributed by atoms with Crippen LogP contribution in [0.2, 0.25) is 10.0 Å². The van der Waals surface area contributed by atoms with Gasteiger partial charge in [0.15, 0.2) is 0 Å². The van der Waals surface area contributed by atoms with Crippen LogP contribution in [-0.4, -0.2) is 18.4 Å². The van der Waals surface area contributed by atoms with Crippen LogP contribution in [0.15, 0.2) is 42.5 Å². The van der Waals surface area contributed by atoms with Gasteiger partial charge in [-0.15, -0.1) is 10.5 Å². The van der Waals surface area contributed by atoms with E-state index in [-0.39, 0.29) is 6.61 Å². The molecule has 0 unspecified atom stereocenters. The number of nitrogens with one attached hydrogen (secondary N) is 3. The minimum atomic E-state index is 0.283. The molecule has 0 aromatic heterocycles. The van der Waals surface area contributed by atoms with E-state index in [1.165, 1.54) is 0 Å². The third-order valence-electron chi connectivity index (χ3n) is 2.99. The molecular weight excluding hydrogens is 353 g/mol. The van der Waals surface area contributed by atoms with E-state index >= 15 is 0 Å². The van der Waals surface area contributed by atoms with Gasteiger partial charge in [0.05, 0.1) is 5.56 Å². The predicted octanol–water partition coefficient (Wildman–Crippen LogP) is 2.08. The summed E-state index contributed by atoms with van der Waals surface area (Å²) in [4.78, 5) is 0. The largest absolute Gasteiger partial charge is 0.488 e. The number of benzene rings is 2. The lowest BCUT2D eigenvalue weighted by Gasteiger charge is -2.10. The smallest absolute Gasteiger partial charge is 0.223 e. The summed E-state index contributed by atoms with van der Waals surface area (Å²) in [6, 6.07) is 13.0. The molecular formula is C16H16Cl2N3OS+. The topological polar surface area (TPSA) is 47.3 Å². The highest BCUT2D eigenvalue weighted by molar-refractivity contribution is 7.80. The number of rotatable bonds is 5. The number of hydrazone groups is 1. The van der Waals surface area contributed by atoms with Crippen molar-refractivity contribution in [1.82, 2.24) is 10.7 Å². The van der Waals surface area contributed by atoms with Gasteiger partial charge in [-0.25, -0.2) is 0 Å². The van der Waals surface area contributed by atoms with Crippen molar-refractivity contribution in [2.24, 2.45) is 0 Å². The maximum atomic E-state index is 6.15. The molecule has 7 heteroatoms. The van der Waals surface area contributed by atoms with Crippen LogP contribution in [0, 0.1) is 0 Å². The minimum absolute atomic E-state index is 0.283. The van der Waals surface area contributed by atoms with Gasteiger partial charge in [-0.1, -0.05) is 41.4 Å². The molecule has 23 heavy (non-hydrogen) atoms. The van der Waals surface area contributed by atoms with Crippen LogP contribution >= 0.6 is 35.4 Å². The van der Waals surface area contributed by atoms with Gasteiger partial charge in [-0.3, -0.25) is 0 Å². The third-order valence-corrected chi connectivity index (χ3v) is 4.01. The van der Waals surface area contributed by atoms with Crippen LogP contribution in [0.1, 0.15) is 11.1 Å². The lowest BCUT2D eigenvalue weighted by molar-refractivity contribution is -0.500. The Morgan fingerprint density at radius 3 is 2.57 bits per heavy atom. The number of ether oxygens (including phenoxy) is 1. The summed E-state index contributed by atoms with van der Waals surface area (Å²) in [6.45, 7) is 0.283. The molecule has 2 aromatic rings. The number of thiocarbonyl (C=S) groups is 1. The Balaban J connectivity index is 2.10. The lowest BCUT2D eigenvalue weighted by atomic mass is 10.2. The number of hydrogen-bond donors (Lipinski definition) is 3. The van der Waals surface area contributed by atoms with E-state index in [1.54, 1.807) is 31.5 Å². The first kappa shape index (κ1) is 17.5. The molecule has 120 valence electrons. The van der Waals surface area contributed by atoms with Gasteiger partial charge in [0, 0.05) is 22.7 Å². The van der Waals surface area contributed by atoms with Gasteiger partial charge in [0.25, 0.3) is 0 Å². The molecule has 0 aliphatic carbocycles. The third kappa shape index (κ3) is 5.10. The van der Waals surface area contributed by atoms with Crippen molar-refractivity contribution in [1.29, 1.82) is 0 Å². The maximum absolute atomic E-state index is 6.15. The number of para-hydroxylation sites is 1. The Kier molecular flexibility index (Phi) is 6.65. The SMILES string of the molecule is CNC(=S)N[NH+]=Cc1ccccc1OCc1c(Cl)cccc1Cl. The van der Waals surface area contributed by atoms with Gasteiger partial charge in [-0.2, -0.15) is 0 Å². The van der Waals surface area contributed by atoms with E-state index in [0.717, 1.165) is 11.1 Å². The maximum Gasteiger partial charge on any atom is 0.223 e. The summed E-state index contributed by atoms with van der Waals surface area (Å²) in [5, 5.41) is 7.36. The summed E-state index contributed by atoms with van der Waals surface area (Å²) < 4.78 is 5.85. The molecule has 0 fully saturated rings. The lowest BCUT2D eigenvalue weighted by Crippen LogP contribution is -2.82. The summed E-state index contributed by atoms with van der Waals surface area (Å²) in [5.74, 6) is 0.702. The molecule has 0 saturated heterocycles. The monoisotopic (exact) mass is 368 g/mol. The van der Waals surface area contributed by atoms with Crippen LogP contribution in [0.25, 0.3) is 0 Å². The molecule has 0 heterocycles. The number of hydrogen-bond acceptors (Lipinski definition) is 2. The Bertz CT molecular complexity index is 702. The number of halogens is 2. The van der Waals surface area contributed by atoms with Crippen LogP contribution in [0.4, 0.5) is 0 Å². The zero-order valence-electron chi connectivity index (χ0n) is 12.4. The van der Waals surface area contributed by atoms with Crippen molar-refractivity contribution in [3.8, 4) is 5.75 Å². The second-order valence-electron chi connectivity index (χ2n) is 4.52. The summed E-state index contributed by atoms with van der Waals surface area (Å²) in [6.07, 6.45) is 1.76. The van der Waals surface area contributed by atoms with Gasteiger partial charge in [0.1, 0.15) is 12.4 Å². The molecule has 0 spiro atoms. The first-order valence-corrected chi connectivity index (χ1v) is 7.99. The normalized spacial score (nSPS) is 10.6. The van der Waals surface area contributed by atoms with Crippen molar-refractivity contribution in [2.45, 2.75) is 6.61 Å². The molecule has 0 atom stereocenters. The molecule has 0 saturated carbocycles. The zero-order valence-corrected chi connectivity index (χ0v) is 14.7. The fourth-order valence-electron chi connectivity index (χ4n) is 1.79. The first-order valence-electron chi connectivity index (χ1n) is 6.83. The van der Waals surface area contributed by atoms with Crippen LogP contribution < -0.4 is 20.6 Å². The van der Waals surface area contributed by atoms with Gasteiger partial charge < -0.3 is 10.1 Å². The predicted molar refractivity (Wildman–Crippen MR) is 98.2 cm³/mol. The van der Waals surface area contributed by atoms with Crippen LogP contribution in [0.3, 0.4) is 0 Å². The average molecular weight is 369 g/mol. The first-order chi connectivity index (χ1) is 11.1. The molecule has 0 aliphatic rings. The second-order valence-corrected chi connectivity index (χ2v) is 5.74. The zero-order chi connectivity index (χ0) is 16.7. The van der Waals surface area contributed by atoms with Crippen molar-refractivity contribution in [3.05, 3.63) is 63.6 Å². The minimum Gasteiger partial charge on any atom is -0.488 e. The van der Waals surface area contributed by atoms with Crippen LogP contribution in [-0.2, 0) is 6.61 Å². The molecule has 0 bridgehead atoms. The highest BCUT2D eigenvalue weighted by Crippen LogP contribution is 2.26. The van der Waals surface area contributed by atoms with Gasteiger partial charge >= 0.3 is 0 Å². The van der Waals surface area contributed by atoms with E-state index in [9.17, 15) is 0 Å². The second kappa shape index (κ2) is 8.72. The summed E-state index contributed by atoms with van der Waals surface area (Å²) >= 11 is 17.3. The fourth-order valence-corrected chi connectivity index (χ4v) is 2.36. The Morgan fingerprint density at radius 2 is 1.87 bits per heavy atom. The number of hydrazine groups is 1. The van der Waals surface area contributed by atoms with E-state index in [2.05, 4.69) is 15.8 Å². The molecule has 3 N–H and O–H groups in total. The highest BCUT2D eigenvalue weighted by atomic mass is 35.5. The Hall–Kier alpha value is -1.82. The average Bonchev–Trinajstić information content (AvgIpc) is 2.55. The van der Waals surface area contributed by atoms with Crippen LogP contribution in [0.5, 0.6) is 5.75 Å². The van der Waals surface area contributed by atoms with E-state index < -0.39 is 0 Å². The summed E-state index contributed by atoms with van der Waals surface area (Å²) in [7, 11) is 1.74. The highest BCUT2D eigenvalue weighted by Gasteiger charge is 2.08. The van der Waals surface area contributed by atoms with Gasteiger partial charge in [0.2, 0.25) is 11.3 Å². The molecule has 0 aliphatic heterocycles. The molecule has 4 nitrogen and oxygen atoms in total. The van der Waals surface area contributed by atoms with Crippen molar-refractivity contribution in [2.75, 3.05) is 7.05 Å². The van der Waals surface area contributed by atoms with E-state index in [0.29, 0.717) is 20.9 Å². The Labute approximate surface area is 150 Å². The van der Waals surface area contributed by atoms with E-state index in [4.69, 9.17) is 40.2 Å². The van der Waals surface area contributed by atoms with Crippen molar-refractivity contribution >= 4 is 46.7 Å². The molecule has 0 amide bonds. The van der Waals surface area contributed by atoms with Gasteiger partial charge in [-0.05, 0) is 36.5 Å². The fraction of sp³-hybridized carbons (Fsp3) is 0.125. The summed E-state index contributed by atoms with van der Waals surface area (Å²) in [5.41, 5.74) is 4.44. The molecule has 2 aromatic carbocycles. The van der Waals surface area contributed by atoms with Crippen molar-refractivity contribution < 1.29 is 9.84 Å². The van der Waals surface area contributed by atoms with Crippen molar-refractivity contribution in [3.63, 3.8) is 0 Å². The van der Waals surface area contributed by atoms with E-state index in [1.807, 2.05) is 24.3 Å². The molecule has 2 rings (SSSR count). The molecule has 0 radical (unpaired) electrons.